The fourth-order valence-corrected chi connectivity index (χ4v) is 7.58. The summed E-state index contributed by atoms with van der Waals surface area (Å²) in [6.45, 7) is 5.26. The zero-order valence-corrected chi connectivity index (χ0v) is 19.8. The van der Waals surface area contributed by atoms with E-state index in [9.17, 15) is 19.5 Å². The van der Waals surface area contributed by atoms with E-state index in [4.69, 9.17) is 4.74 Å². The SMILES string of the molecule is CCCCN1CC=C[C@]23S[C@@H]4/C=C\CCCOC(=O)[C@@H]4[C@H]2C(=O)N([C@@H](CC)CO)C3C1=O. The molecule has 0 aliphatic carbocycles. The first-order valence-electron chi connectivity index (χ1n) is 11.9. The molecule has 0 aromatic rings. The van der Waals surface area contributed by atoms with E-state index in [1.807, 2.05) is 30.1 Å². The molecule has 176 valence electrons. The van der Waals surface area contributed by atoms with Gasteiger partial charge in [0.2, 0.25) is 11.8 Å². The van der Waals surface area contributed by atoms with Crippen molar-refractivity contribution in [3.8, 4) is 0 Å². The van der Waals surface area contributed by atoms with Crippen LogP contribution in [0.4, 0.5) is 0 Å². The Morgan fingerprint density at radius 3 is 2.78 bits per heavy atom. The highest BCUT2D eigenvalue weighted by Gasteiger charge is 2.71. The maximum atomic E-state index is 13.9. The number of cyclic esters (lactones) is 1. The van der Waals surface area contributed by atoms with Gasteiger partial charge in [0.25, 0.3) is 0 Å². The van der Waals surface area contributed by atoms with Crippen LogP contribution in [-0.4, -0.2) is 81.1 Å². The molecule has 2 fully saturated rings. The smallest absolute Gasteiger partial charge is 0.311 e. The summed E-state index contributed by atoms with van der Waals surface area (Å²) in [5, 5.41) is 9.86. The number of carbonyl (C=O) groups excluding carboxylic acids is 3. The lowest BCUT2D eigenvalue weighted by atomic mass is 9.78. The van der Waals surface area contributed by atoms with Crippen molar-refractivity contribution in [1.29, 1.82) is 0 Å². The molecular weight excluding hydrogens is 428 g/mol. The van der Waals surface area contributed by atoms with Gasteiger partial charge >= 0.3 is 5.97 Å². The number of ether oxygens (including phenoxy) is 1. The van der Waals surface area contributed by atoms with Crippen molar-refractivity contribution in [1.82, 2.24) is 9.80 Å². The van der Waals surface area contributed by atoms with E-state index in [1.165, 1.54) is 0 Å². The van der Waals surface area contributed by atoms with Crippen LogP contribution in [0.15, 0.2) is 24.3 Å². The first-order valence-corrected chi connectivity index (χ1v) is 12.8. The van der Waals surface area contributed by atoms with E-state index in [1.54, 1.807) is 16.7 Å². The van der Waals surface area contributed by atoms with Crippen molar-refractivity contribution in [3.05, 3.63) is 24.3 Å². The van der Waals surface area contributed by atoms with Crippen molar-refractivity contribution in [2.24, 2.45) is 11.8 Å². The molecule has 1 unspecified atom stereocenters. The van der Waals surface area contributed by atoms with Gasteiger partial charge in [-0.1, -0.05) is 44.6 Å². The number of carbonyl (C=O) groups is 3. The van der Waals surface area contributed by atoms with Crippen LogP contribution in [0.2, 0.25) is 0 Å². The van der Waals surface area contributed by atoms with E-state index in [-0.39, 0.29) is 29.6 Å². The van der Waals surface area contributed by atoms with Crippen LogP contribution in [0.1, 0.15) is 46.0 Å². The second kappa shape index (κ2) is 9.59. The topological polar surface area (TPSA) is 87.2 Å². The Morgan fingerprint density at radius 2 is 2.06 bits per heavy atom. The van der Waals surface area contributed by atoms with E-state index in [0.29, 0.717) is 26.1 Å². The molecule has 0 aromatic carbocycles. The molecule has 32 heavy (non-hydrogen) atoms. The standard InChI is InChI=1S/C24H34N2O5S/c1-3-5-12-25-13-9-11-24-19(18-17(32-24)10-7-6-8-14-31-23(18)30)21(28)26(16(4-2)15-27)20(24)22(25)29/h7,9-11,16-20,27H,3-6,8,12-15H2,1-2H3/b10-7-/t16-,17+,18-,19-,20?,24-/m0/s1. The highest BCUT2D eigenvalue weighted by molar-refractivity contribution is 8.02. The quantitative estimate of drug-likeness (QED) is 0.481. The molecule has 6 atom stereocenters. The Balaban J connectivity index is 1.82. The summed E-state index contributed by atoms with van der Waals surface area (Å²) < 4.78 is 4.72. The molecule has 2 amide bonds. The van der Waals surface area contributed by atoms with Crippen molar-refractivity contribution in [2.45, 2.75) is 68.0 Å². The molecular formula is C24H34N2O5S. The molecule has 4 aliphatic rings. The molecule has 0 aromatic heterocycles. The van der Waals surface area contributed by atoms with Crippen LogP contribution in [-0.2, 0) is 19.1 Å². The number of fused-ring (bicyclic) bond motifs is 2. The number of likely N-dealkylation sites (tertiary alicyclic amines) is 1. The van der Waals surface area contributed by atoms with Crippen LogP contribution < -0.4 is 0 Å². The second-order valence-electron chi connectivity index (χ2n) is 9.11. The predicted octanol–water partition coefficient (Wildman–Crippen LogP) is 2.15. The Morgan fingerprint density at radius 1 is 1.25 bits per heavy atom. The number of hydrogen-bond acceptors (Lipinski definition) is 6. The third-order valence-corrected chi connectivity index (χ3v) is 8.97. The summed E-state index contributed by atoms with van der Waals surface area (Å²) in [6, 6.07) is -1.19. The van der Waals surface area contributed by atoms with Gasteiger partial charge in [0.15, 0.2) is 0 Å². The molecule has 4 aliphatic heterocycles. The number of thioether (sulfide) groups is 1. The van der Waals surface area contributed by atoms with Crippen molar-refractivity contribution in [3.63, 3.8) is 0 Å². The van der Waals surface area contributed by atoms with Crippen LogP contribution >= 0.6 is 11.8 Å². The summed E-state index contributed by atoms with van der Waals surface area (Å²) in [5.41, 5.74) is 0. The fourth-order valence-electron chi connectivity index (χ4n) is 5.60. The maximum absolute atomic E-state index is 13.9. The average molecular weight is 463 g/mol. The fraction of sp³-hybridized carbons (Fsp3) is 0.708. The number of hydrogen-bond donors (Lipinski definition) is 1. The third-order valence-electron chi connectivity index (χ3n) is 7.23. The van der Waals surface area contributed by atoms with Crippen molar-refractivity contribution in [2.75, 3.05) is 26.3 Å². The van der Waals surface area contributed by atoms with Gasteiger partial charge in [0.1, 0.15) is 6.04 Å². The van der Waals surface area contributed by atoms with Gasteiger partial charge in [-0.05, 0) is 25.7 Å². The lowest BCUT2D eigenvalue weighted by Gasteiger charge is -2.38. The van der Waals surface area contributed by atoms with Gasteiger partial charge in [-0.2, -0.15) is 0 Å². The van der Waals surface area contributed by atoms with Gasteiger partial charge in [-0.15, -0.1) is 11.8 Å². The number of nitrogens with zero attached hydrogens (tertiary/aromatic N) is 2. The Hall–Kier alpha value is -1.80. The molecule has 0 radical (unpaired) electrons. The molecule has 1 N–H and O–H groups in total. The number of allylic oxidation sites excluding steroid dienone is 1. The second-order valence-corrected chi connectivity index (χ2v) is 10.6. The van der Waals surface area contributed by atoms with Gasteiger partial charge < -0.3 is 19.6 Å². The molecule has 1 spiro atoms. The van der Waals surface area contributed by atoms with E-state index >= 15 is 0 Å². The van der Waals surface area contributed by atoms with Crippen LogP contribution in [0.5, 0.6) is 0 Å². The maximum Gasteiger partial charge on any atom is 0.311 e. The number of aliphatic hydroxyl groups excluding tert-OH is 1. The number of amides is 2. The summed E-state index contributed by atoms with van der Waals surface area (Å²) in [6.07, 6.45) is 12.1. The molecule has 8 heteroatoms. The van der Waals surface area contributed by atoms with Crippen LogP contribution in [0.3, 0.4) is 0 Å². The number of unbranched alkanes of at least 4 members (excludes halogenated alkanes) is 1. The average Bonchev–Trinajstić information content (AvgIpc) is 3.20. The Bertz CT molecular complexity index is 810. The largest absolute Gasteiger partial charge is 0.465 e. The molecule has 4 heterocycles. The lowest BCUT2D eigenvalue weighted by molar-refractivity contribution is -0.153. The van der Waals surface area contributed by atoms with Gasteiger partial charge in [-0.3, -0.25) is 14.4 Å². The minimum atomic E-state index is -0.838. The van der Waals surface area contributed by atoms with Crippen LogP contribution in [0.25, 0.3) is 0 Å². The first kappa shape index (κ1) is 23.4. The molecule has 0 saturated carbocycles. The number of rotatable bonds is 6. The van der Waals surface area contributed by atoms with Gasteiger partial charge in [0, 0.05) is 18.3 Å². The summed E-state index contributed by atoms with van der Waals surface area (Å²) in [4.78, 5) is 44.4. The van der Waals surface area contributed by atoms with Crippen LogP contribution in [0, 0.1) is 11.8 Å². The summed E-state index contributed by atoms with van der Waals surface area (Å²) in [5.74, 6) is -1.96. The number of aliphatic hydroxyl groups is 1. The summed E-state index contributed by atoms with van der Waals surface area (Å²) >= 11 is 1.55. The predicted molar refractivity (Wildman–Crippen MR) is 123 cm³/mol. The van der Waals surface area contributed by atoms with Gasteiger partial charge in [0.05, 0.1) is 35.8 Å². The van der Waals surface area contributed by atoms with E-state index in [2.05, 4.69) is 13.0 Å². The Labute approximate surface area is 194 Å². The molecule has 2 saturated heterocycles. The monoisotopic (exact) mass is 462 g/mol. The van der Waals surface area contributed by atoms with Gasteiger partial charge in [-0.25, -0.2) is 0 Å². The summed E-state index contributed by atoms with van der Waals surface area (Å²) in [7, 11) is 0. The highest BCUT2D eigenvalue weighted by Crippen LogP contribution is 2.61. The molecule has 4 rings (SSSR count). The zero-order valence-electron chi connectivity index (χ0n) is 18.9. The van der Waals surface area contributed by atoms with E-state index < -0.39 is 28.7 Å². The Kier molecular flexibility index (Phi) is 7.00. The zero-order chi connectivity index (χ0) is 22.9. The third kappa shape index (κ3) is 3.69. The van der Waals surface area contributed by atoms with Crippen molar-refractivity contribution < 1.29 is 24.2 Å². The van der Waals surface area contributed by atoms with Crippen molar-refractivity contribution >= 4 is 29.5 Å². The van der Waals surface area contributed by atoms with E-state index in [0.717, 1.165) is 25.7 Å². The first-order chi connectivity index (χ1) is 15.5. The number of esters is 1. The minimum absolute atomic E-state index is 0.0810. The normalized spacial score (nSPS) is 36.4. The molecule has 0 bridgehead atoms. The highest BCUT2D eigenvalue weighted by atomic mass is 32.2. The molecule has 7 nitrogen and oxygen atoms in total. The lowest BCUT2D eigenvalue weighted by Crippen LogP contribution is -2.56. The minimum Gasteiger partial charge on any atom is -0.465 e.